The van der Waals surface area contributed by atoms with E-state index in [0.717, 1.165) is 25.9 Å². The van der Waals surface area contributed by atoms with Crippen molar-refractivity contribution in [2.75, 3.05) is 13.1 Å². The normalized spacial score (nSPS) is 19.5. The van der Waals surface area contributed by atoms with E-state index in [1.807, 2.05) is 13.8 Å². The highest BCUT2D eigenvalue weighted by atomic mass is 35.7. The van der Waals surface area contributed by atoms with Crippen LogP contribution in [0.1, 0.15) is 50.1 Å². The topological polar surface area (TPSA) is 59.4 Å². The molecule has 118 valence electrons. The third kappa shape index (κ3) is 3.43. The molecule has 1 aliphatic rings. The summed E-state index contributed by atoms with van der Waals surface area (Å²) in [4.78, 5) is 14.4. The lowest BCUT2D eigenvalue weighted by Gasteiger charge is -2.19. The van der Waals surface area contributed by atoms with Crippen LogP contribution in [-0.4, -0.2) is 36.9 Å². The average Bonchev–Trinajstić information content (AvgIpc) is 3.04. The van der Waals surface area contributed by atoms with Crippen LogP contribution in [0, 0.1) is 5.92 Å². The minimum Gasteiger partial charge on any atom is -0.340 e. The van der Waals surface area contributed by atoms with E-state index >= 15 is 0 Å². The molecule has 2 rings (SSSR count). The molecule has 1 amide bonds. The number of rotatable bonds is 4. The Kier molecular flexibility index (Phi) is 4.68. The molecule has 0 radical (unpaired) electrons. The van der Waals surface area contributed by atoms with Crippen LogP contribution in [0.5, 0.6) is 0 Å². The summed E-state index contributed by atoms with van der Waals surface area (Å²) in [5, 5.41) is 0. The molecule has 7 heteroatoms. The summed E-state index contributed by atoms with van der Waals surface area (Å²) in [7, 11) is 1.56. The van der Waals surface area contributed by atoms with Crippen molar-refractivity contribution >= 4 is 25.6 Å². The SMILES string of the molecule is CCC1CCN(C(=O)c2cc(S(=O)(=O)Cl)cn2C(C)C)C1. The number of nitrogens with zero attached hydrogens (tertiary/aromatic N) is 2. The van der Waals surface area contributed by atoms with Gasteiger partial charge in [-0.1, -0.05) is 13.3 Å². The lowest BCUT2D eigenvalue weighted by molar-refractivity contribution is 0.0774. The summed E-state index contributed by atoms with van der Waals surface area (Å²) in [6.45, 7) is 7.39. The van der Waals surface area contributed by atoms with Crippen molar-refractivity contribution in [3.8, 4) is 0 Å². The fraction of sp³-hybridized carbons (Fsp3) is 0.643. The van der Waals surface area contributed by atoms with E-state index in [0.29, 0.717) is 11.6 Å². The zero-order chi connectivity index (χ0) is 15.8. The molecule has 5 nitrogen and oxygen atoms in total. The summed E-state index contributed by atoms with van der Waals surface area (Å²) in [6.07, 6.45) is 3.50. The highest BCUT2D eigenvalue weighted by Crippen LogP contribution is 2.26. The minimum absolute atomic E-state index is 0.0132. The van der Waals surface area contributed by atoms with Gasteiger partial charge in [0, 0.05) is 36.0 Å². The summed E-state index contributed by atoms with van der Waals surface area (Å²) < 4.78 is 24.7. The Morgan fingerprint density at radius 1 is 1.48 bits per heavy atom. The van der Waals surface area contributed by atoms with Crippen molar-refractivity contribution in [2.45, 2.75) is 44.6 Å². The first kappa shape index (κ1) is 16.4. The van der Waals surface area contributed by atoms with Crippen molar-refractivity contribution < 1.29 is 13.2 Å². The van der Waals surface area contributed by atoms with E-state index in [-0.39, 0.29) is 16.8 Å². The number of hydrogen-bond donors (Lipinski definition) is 0. The van der Waals surface area contributed by atoms with Crippen LogP contribution in [0.25, 0.3) is 0 Å². The summed E-state index contributed by atoms with van der Waals surface area (Å²) >= 11 is 0. The number of likely N-dealkylation sites (tertiary alicyclic amines) is 1. The molecule has 1 aromatic rings. The molecule has 0 aliphatic carbocycles. The Hall–Kier alpha value is -1.01. The minimum atomic E-state index is -3.83. The highest BCUT2D eigenvalue weighted by molar-refractivity contribution is 8.13. The van der Waals surface area contributed by atoms with Gasteiger partial charge in [-0.15, -0.1) is 0 Å². The largest absolute Gasteiger partial charge is 0.340 e. The second kappa shape index (κ2) is 6.01. The van der Waals surface area contributed by atoms with Crippen molar-refractivity contribution in [3.05, 3.63) is 18.0 Å². The molecular formula is C14H21ClN2O3S. The van der Waals surface area contributed by atoms with Crippen LogP contribution >= 0.6 is 10.7 Å². The first-order chi connectivity index (χ1) is 9.74. The Morgan fingerprint density at radius 3 is 2.62 bits per heavy atom. The number of carbonyl (C=O) groups excluding carboxylic acids is 1. The lowest BCUT2D eigenvalue weighted by atomic mass is 10.1. The Balaban J connectivity index is 2.34. The monoisotopic (exact) mass is 332 g/mol. The van der Waals surface area contributed by atoms with E-state index in [1.165, 1.54) is 12.3 Å². The van der Waals surface area contributed by atoms with E-state index in [4.69, 9.17) is 10.7 Å². The Bertz CT molecular complexity index is 637. The van der Waals surface area contributed by atoms with Crippen LogP contribution in [0.4, 0.5) is 0 Å². The molecule has 1 fully saturated rings. The zero-order valence-corrected chi connectivity index (χ0v) is 14.1. The molecule has 1 aliphatic heterocycles. The number of aromatic nitrogens is 1. The molecule has 0 spiro atoms. The molecule has 1 saturated heterocycles. The quantitative estimate of drug-likeness (QED) is 0.796. The molecule has 1 aromatic heterocycles. The molecule has 0 saturated carbocycles. The van der Waals surface area contributed by atoms with Gasteiger partial charge in [0.15, 0.2) is 0 Å². The summed E-state index contributed by atoms with van der Waals surface area (Å²) in [6, 6.07) is 1.37. The van der Waals surface area contributed by atoms with E-state index in [2.05, 4.69) is 6.92 Å². The Labute approximate surface area is 130 Å². The standard InChI is InChI=1S/C14H21ClN2O3S/c1-4-11-5-6-16(8-11)14(18)13-7-12(21(15,19)20)9-17(13)10(2)3/h7,9-11H,4-6,8H2,1-3H3. The fourth-order valence-electron chi connectivity index (χ4n) is 2.70. The van der Waals surface area contributed by atoms with Crippen LogP contribution in [0.15, 0.2) is 17.2 Å². The smallest absolute Gasteiger partial charge is 0.270 e. The zero-order valence-electron chi connectivity index (χ0n) is 12.5. The first-order valence-electron chi connectivity index (χ1n) is 7.19. The maximum absolute atomic E-state index is 12.6. The molecule has 1 unspecified atom stereocenters. The number of halogens is 1. The molecule has 0 aromatic carbocycles. The van der Waals surface area contributed by atoms with Gasteiger partial charge < -0.3 is 9.47 Å². The maximum atomic E-state index is 12.6. The number of carbonyl (C=O) groups is 1. The van der Waals surface area contributed by atoms with Crippen molar-refractivity contribution in [2.24, 2.45) is 5.92 Å². The van der Waals surface area contributed by atoms with Crippen molar-refractivity contribution in [1.82, 2.24) is 9.47 Å². The Morgan fingerprint density at radius 2 is 2.14 bits per heavy atom. The number of amides is 1. The third-order valence-corrected chi connectivity index (χ3v) is 5.35. The van der Waals surface area contributed by atoms with Gasteiger partial charge in [-0.2, -0.15) is 0 Å². The van der Waals surface area contributed by atoms with Crippen LogP contribution in [-0.2, 0) is 9.05 Å². The lowest BCUT2D eigenvalue weighted by Crippen LogP contribution is -2.30. The van der Waals surface area contributed by atoms with Crippen LogP contribution in [0.2, 0.25) is 0 Å². The van der Waals surface area contributed by atoms with Gasteiger partial charge in [0.05, 0.1) is 0 Å². The van der Waals surface area contributed by atoms with Crippen LogP contribution < -0.4 is 0 Å². The van der Waals surface area contributed by atoms with Crippen molar-refractivity contribution in [3.63, 3.8) is 0 Å². The van der Waals surface area contributed by atoms with Crippen molar-refractivity contribution in [1.29, 1.82) is 0 Å². The van der Waals surface area contributed by atoms with Gasteiger partial charge >= 0.3 is 0 Å². The van der Waals surface area contributed by atoms with Gasteiger partial charge in [0.2, 0.25) is 0 Å². The summed E-state index contributed by atoms with van der Waals surface area (Å²) in [5.74, 6) is 0.416. The second-order valence-corrected chi connectivity index (χ2v) is 8.38. The van der Waals surface area contributed by atoms with E-state index in [1.54, 1.807) is 9.47 Å². The third-order valence-electron chi connectivity index (χ3n) is 4.03. The van der Waals surface area contributed by atoms with Gasteiger partial charge in [0.1, 0.15) is 10.6 Å². The molecule has 1 atom stereocenters. The van der Waals surface area contributed by atoms with Crippen LogP contribution in [0.3, 0.4) is 0 Å². The number of hydrogen-bond acceptors (Lipinski definition) is 3. The van der Waals surface area contributed by atoms with E-state index in [9.17, 15) is 13.2 Å². The highest BCUT2D eigenvalue weighted by Gasteiger charge is 2.29. The predicted molar refractivity (Wildman–Crippen MR) is 82.2 cm³/mol. The molecule has 2 heterocycles. The molecular weight excluding hydrogens is 312 g/mol. The van der Waals surface area contributed by atoms with E-state index < -0.39 is 9.05 Å². The summed E-state index contributed by atoms with van der Waals surface area (Å²) in [5.41, 5.74) is 0.390. The average molecular weight is 333 g/mol. The first-order valence-corrected chi connectivity index (χ1v) is 9.50. The van der Waals surface area contributed by atoms with Gasteiger partial charge in [-0.05, 0) is 32.3 Å². The van der Waals surface area contributed by atoms with Gasteiger partial charge in [-0.25, -0.2) is 8.42 Å². The molecule has 0 N–H and O–H groups in total. The second-order valence-electron chi connectivity index (χ2n) is 5.81. The molecule has 0 bridgehead atoms. The van der Waals surface area contributed by atoms with Gasteiger partial charge in [-0.3, -0.25) is 4.79 Å². The maximum Gasteiger partial charge on any atom is 0.270 e. The predicted octanol–water partition coefficient (Wildman–Crippen LogP) is 2.87. The fourth-order valence-corrected chi connectivity index (χ4v) is 3.44. The molecule has 21 heavy (non-hydrogen) atoms. The van der Waals surface area contributed by atoms with Gasteiger partial charge in [0.25, 0.3) is 15.0 Å².